The molecule has 2 saturated heterocycles. The van der Waals surface area contributed by atoms with E-state index in [0.717, 1.165) is 45.6 Å². The molecule has 15 heavy (non-hydrogen) atoms. The smallest absolute Gasteiger partial charge is 0.239 e. The third kappa shape index (κ3) is 2.49. The molecule has 2 heterocycles. The number of ether oxygens (including phenoxy) is 1. The number of piperidine rings is 1. The minimum atomic E-state index is 0.0427. The Morgan fingerprint density at radius 1 is 1.53 bits per heavy atom. The van der Waals surface area contributed by atoms with Gasteiger partial charge in [0.25, 0.3) is 0 Å². The zero-order valence-electron chi connectivity index (χ0n) is 9.37. The lowest BCUT2D eigenvalue weighted by Crippen LogP contribution is -2.50. The Balaban J connectivity index is 1.87. The molecule has 0 bridgehead atoms. The van der Waals surface area contributed by atoms with Crippen LogP contribution in [0.5, 0.6) is 0 Å². The molecule has 2 unspecified atom stereocenters. The largest absolute Gasteiger partial charge is 0.381 e. The summed E-state index contributed by atoms with van der Waals surface area (Å²) in [6, 6.07) is 0.0427. The molecular formula is C11H20N2O2. The fraction of sp³-hybridized carbons (Fsp3) is 0.909. The highest BCUT2D eigenvalue weighted by atomic mass is 16.5. The van der Waals surface area contributed by atoms with Gasteiger partial charge in [-0.3, -0.25) is 4.79 Å². The number of hydrogen-bond donors (Lipinski definition) is 1. The Morgan fingerprint density at radius 2 is 2.40 bits per heavy atom. The summed E-state index contributed by atoms with van der Waals surface area (Å²) in [5.74, 6) is 0.834. The molecule has 0 aromatic carbocycles. The van der Waals surface area contributed by atoms with Gasteiger partial charge in [0.15, 0.2) is 0 Å². The van der Waals surface area contributed by atoms with Crippen LogP contribution in [0.1, 0.15) is 19.3 Å². The van der Waals surface area contributed by atoms with Crippen LogP contribution >= 0.6 is 0 Å². The van der Waals surface area contributed by atoms with Gasteiger partial charge < -0.3 is 15.0 Å². The maximum absolute atomic E-state index is 12.0. The lowest BCUT2D eigenvalue weighted by molar-refractivity contribution is -0.136. The van der Waals surface area contributed by atoms with Crippen molar-refractivity contribution in [3.05, 3.63) is 0 Å². The van der Waals surface area contributed by atoms with Crippen molar-refractivity contribution in [3.63, 3.8) is 0 Å². The second-order valence-corrected chi connectivity index (χ2v) is 4.50. The Kier molecular flexibility index (Phi) is 3.59. The molecule has 86 valence electrons. The molecule has 0 aromatic heterocycles. The van der Waals surface area contributed by atoms with Crippen LogP contribution in [0.15, 0.2) is 0 Å². The van der Waals surface area contributed by atoms with Gasteiger partial charge in [-0.15, -0.1) is 0 Å². The molecule has 4 heteroatoms. The zero-order chi connectivity index (χ0) is 10.7. The van der Waals surface area contributed by atoms with E-state index in [2.05, 4.69) is 5.32 Å². The van der Waals surface area contributed by atoms with Gasteiger partial charge in [-0.1, -0.05) is 0 Å². The molecule has 0 spiro atoms. The van der Waals surface area contributed by atoms with Gasteiger partial charge in [-0.05, 0) is 26.3 Å². The Bertz CT molecular complexity index is 227. The number of likely N-dealkylation sites (tertiary alicyclic amines) is 1. The van der Waals surface area contributed by atoms with Gasteiger partial charge in [0.2, 0.25) is 5.91 Å². The Morgan fingerprint density at radius 3 is 3.07 bits per heavy atom. The summed E-state index contributed by atoms with van der Waals surface area (Å²) in [4.78, 5) is 14.0. The van der Waals surface area contributed by atoms with E-state index >= 15 is 0 Å². The molecule has 2 aliphatic rings. The standard InChI is InChI=1S/C11H20N2O2/c1-12-10-3-2-5-13(11(10)14)7-9-4-6-15-8-9/h9-10,12H,2-8H2,1H3. The van der Waals surface area contributed by atoms with Crippen molar-refractivity contribution >= 4 is 5.91 Å². The predicted molar refractivity (Wildman–Crippen MR) is 57.6 cm³/mol. The van der Waals surface area contributed by atoms with E-state index < -0.39 is 0 Å². The molecule has 0 radical (unpaired) electrons. The van der Waals surface area contributed by atoms with Crippen LogP contribution in [0.2, 0.25) is 0 Å². The van der Waals surface area contributed by atoms with Crippen LogP contribution in [0.4, 0.5) is 0 Å². The average Bonchev–Trinajstić information content (AvgIpc) is 2.74. The molecule has 1 amide bonds. The minimum Gasteiger partial charge on any atom is -0.381 e. The first-order chi connectivity index (χ1) is 7.31. The van der Waals surface area contributed by atoms with Crippen molar-refractivity contribution in [1.82, 2.24) is 10.2 Å². The van der Waals surface area contributed by atoms with E-state index in [0.29, 0.717) is 5.92 Å². The number of carbonyl (C=O) groups excluding carboxylic acids is 1. The molecular weight excluding hydrogens is 192 g/mol. The third-order valence-electron chi connectivity index (χ3n) is 3.38. The second-order valence-electron chi connectivity index (χ2n) is 4.50. The van der Waals surface area contributed by atoms with Gasteiger partial charge in [-0.2, -0.15) is 0 Å². The van der Waals surface area contributed by atoms with Crippen LogP contribution in [0, 0.1) is 5.92 Å². The van der Waals surface area contributed by atoms with Gasteiger partial charge in [0.05, 0.1) is 12.6 Å². The number of nitrogens with zero attached hydrogens (tertiary/aromatic N) is 1. The van der Waals surface area contributed by atoms with Crippen LogP contribution in [-0.4, -0.2) is 50.2 Å². The molecule has 0 aliphatic carbocycles. The molecule has 0 aromatic rings. The molecule has 4 nitrogen and oxygen atoms in total. The lowest BCUT2D eigenvalue weighted by atomic mass is 10.0. The SMILES string of the molecule is CNC1CCCN(CC2CCOC2)C1=O. The average molecular weight is 212 g/mol. The maximum atomic E-state index is 12.0. The molecule has 2 rings (SSSR count). The Hall–Kier alpha value is -0.610. The highest BCUT2D eigenvalue weighted by Crippen LogP contribution is 2.18. The maximum Gasteiger partial charge on any atom is 0.239 e. The van der Waals surface area contributed by atoms with Crippen LogP contribution in [-0.2, 0) is 9.53 Å². The monoisotopic (exact) mass is 212 g/mol. The van der Waals surface area contributed by atoms with Gasteiger partial charge >= 0.3 is 0 Å². The van der Waals surface area contributed by atoms with Crippen LogP contribution < -0.4 is 5.32 Å². The lowest BCUT2D eigenvalue weighted by Gasteiger charge is -2.33. The van der Waals surface area contributed by atoms with Crippen molar-refractivity contribution in [2.75, 3.05) is 33.4 Å². The van der Waals surface area contributed by atoms with E-state index in [1.54, 1.807) is 0 Å². The van der Waals surface area contributed by atoms with Gasteiger partial charge in [-0.25, -0.2) is 0 Å². The third-order valence-corrected chi connectivity index (χ3v) is 3.38. The van der Waals surface area contributed by atoms with Crippen molar-refractivity contribution in [2.24, 2.45) is 5.92 Å². The van der Waals surface area contributed by atoms with E-state index in [-0.39, 0.29) is 11.9 Å². The first-order valence-corrected chi connectivity index (χ1v) is 5.85. The van der Waals surface area contributed by atoms with Crippen molar-refractivity contribution in [1.29, 1.82) is 0 Å². The number of amides is 1. The summed E-state index contributed by atoms with van der Waals surface area (Å²) in [5, 5.41) is 3.09. The van der Waals surface area contributed by atoms with E-state index in [1.165, 1.54) is 0 Å². The van der Waals surface area contributed by atoms with E-state index in [9.17, 15) is 4.79 Å². The Labute approximate surface area is 91.0 Å². The van der Waals surface area contributed by atoms with E-state index in [1.807, 2.05) is 11.9 Å². The molecule has 1 N–H and O–H groups in total. The van der Waals surface area contributed by atoms with Gasteiger partial charge in [0, 0.05) is 25.6 Å². The highest BCUT2D eigenvalue weighted by molar-refractivity contribution is 5.82. The second kappa shape index (κ2) is 4.94. The highest BCUT2D eigenvalue weighted by Gasteiger charge is 2.29. The van der Waals surface area contributed by atoms with E-state index in [4.69, 9.17) is 4.74 Å². The quantitative estimate of drug-likeness (QED) is 0.728. The summed E-state index contributed by atoms with van der Waals surface area (Å²) < 4.78 is 5.33. The summed E-state index contributed by atoms with van der Waals surface area (Å²) >= 11 is 0. The van der Waals surface area contributed by atoms with Gasteiger partial charge in [0.1, 0.15) is 0 Å². The topological polar surface area (TPSA) is 41.6 Å². The predicted octanol–water partition coefficient (Wildman–Crippen LogP) is 0.233. The molecule has 2 fully saturated rings. The first-order valence-electron chi connectivity index (χ1n) is 5.85. The molecule has 2 aliphatic heterocycles. The van der Waals surface area contributed by atoms with Crippen molar-refractivity contribution in [2.45, 2.75) is 25.3 Å². The van der Waals surface area contributed by atoms with Crippen molar-refractivity contribution < 1.29 is 9.53 Å². The number of nitrogens with one attached hydrogen (secondary N) is 1. The number of carbonyl (C=O) groups is 1. The summed E-state index contributed by atoms with van der Waals surface area (Å²) in [6.45, 7) is 3.50. The van der Waals surface area contributed by atoms with Crippen LogP contribution in [0.25, 0.3) is 0 Å². The molecule has 0 saturated carbocycles. The zero-order valence-corrected chi connectivity index (χ0v) is 9.37. The fourth-order valence-corrected chi connectivity index (χ4v) is 2.43. The fourth-order valence-electron chi connectivity index (χ4n) is 2.43. The summed E-state index contributed by atoms with van der Waals surface area (Å²) in [5.41, 5.74) is 0. The normalized spacial score (nSPS) is 32.3. The van der Waals surface area contributed by atoms with Crippen molar-refractivity contribution in [3.8, 4) is 0 Å². The first kappa shape index (κ1) is 10.9. The number of likely N-dealkylation sites (N-methyl/N-ethyl adjacent to an activating group) is 1. The molecule has 2 atom stereocenters. The number of rotatable bonds is 3. The summed E-state index contributed by atoms with van der Waals surface area (Å²) in [6.07, 6.45) is 3.20. The minimum absolute atomic E-state index is 0.0427. The van der Waals surface area contributed by atoms with Crippen LogP contribution in [0.3, 0.4) is 0 Å². The summed E-state index contributed by atoms with van der Waals surface area (Å²) in [7, 11) is 1.87. The number of hydrogen-bond acceptors (Lipinski definition) is 3.